The number of halogens is 1. The Hall–Kier alpha value is -1.39. The first kappa shape index (κ1) is 16.0. The minimum absolute atomic E-state index is 0.167. The Bertz CT molecular complexity index is 609. The van der Waals surface area contributed by atoms with Crippen molar-refractivity contribution in [1.82, 2.24) is 5.32 Å². The van der Waals surface area contributed by atoms with Crippen molar-refractivity contribution in [2.75, 3.05) is 13.7 Å². The fraction of sp³-hybridized carbons (Fsp3) is 0.412. The lowest BCUT2D eigenvalue weighted by atomic mass is 10.0. The third-order valence-electron chi connectivity index (χ3n) is 3.46. The fourth-order valence-corrected chi connectivity index (χ4v) is 3.66. The Morgan fingerprint density at radius 2 is 2.10 bits per heavy atom. The number of aryl methyl sites for hydroxylation is 2. The van der Waals surface area contributed by atoms with Crippen LogP contribution in [0.3, 0.4) is 0 Å². The Morgan fingerprint density at radius 1 is 1.33 bits per heavy atom. The van der Waals surface area contributed by atoms with Gasteiger partial charge in [-0.25, -0.2) is 4.39 Å². The molecule has 1 atom stereocenters. The van der Waals surface area contributed by atoms with Gasteiger partial charge >= 0.3 is 0 Å². The van der Waals surface area contributed by atoms with E-state index in [-0.39, 0.29) is 11.9 Å². The molecule has 2 nitrogen and oxygen atoms in total. The predicted octanol–water partition coefficient (Wildman–Crippen LogP) is 4.60. The molecular formula is C17H22FNOS. The SMILES string of the molecule is CCCNC(c1sc(C)cc1C)c1c(F)cccc1OC. The second-order valence-corrected chi connectivity index (χ2v) is 6.44. The van der Waals surface area contributed by atoms with Gasteiger partial charge in [-0.2, -0.15) is 0 Å². The van der Waals surface area contributed by atoms with E-state index in [0.717, 1.165) is 17.8 Å². The maximum absolute atomic E-state index is 14.4. The van der Waals surface area contributed by atoms with Crippen molar-refractivity contribution in [3.05, 3.63) is 51.0 Å². The second-order valence-electron chi connectivity index (χ2n) is 5.15. The zero-order valence-electron chi connectivity index (χ0n) is 13.0. The highest BCUT2D eigenvalue weighted by Crippen LogP contribution is 2.37. The van der Waals surface area contributed by atoms with E-state index < -0.39 is 0 Å². The second kappa shape index (κ2) is 7.05. The molecule has 0 bridgehead atoms. The quantitative estimate of drug-likeness (QED) is 0.842. The molecule has 0 aliphatic heterocycles. The molecular weight excluding hydrogens is 285 g/mol. The molecule has 1 unspecified atom stereocenters. The molecule has 21 heavy (non-hydrogen) atoms. The van der Waals surface area contributed by atoms with Crippen molar-refractivity contribution in [1.29, 1.82) is 0 Å². The molecule has 0 amide bonds. The van der Waals surface area contributed by atoms with E-state index >= 15 is 0 Å². The summed E-state index contributed by atoms with van der Waals surface area (Å²) in [6, 6.07) is 6.97. The standard InChI is InChI=1S/C17H22FNOS/c1-5-9-19-16(17-11(2)10-12(3)21-17)15-13(18)7-6-8-14(15)20-4/h6-8,10,16,19H,5,9H2,1-4H3. The summed E-state index contributed by atoms with van der Waals surface area (Å²) < 4.78 is 19.8. The van der Waals surface area contributed by atoms with Crippen LogP contribution in [-0.4, -0.2) is 13.7 Å². The van der Waals surface area contributed by atoms with E-state index in [1.54, 1.807) is 24.5 Å². The molecule has 0 saturated heterocycles. The van der Waals surface area contributed by atoms with Crippen LogP contribution in [0.25, 0.3) is 0 Å². The summed E-state index contributed by atoms with van der Waals surface area (Å²) in [7, 11) is 1.59. The first-order valence-corrected chi connectivity index (χ1v) is 8.02. The van der Waals surface area contributed by atoms with E-state index in [1.165, 1.54) is 16.5 Å². The summed E-state index contributed by atoms with van der Waals surface area (Å²) >= 11 is 1.71. The van der Waals surface area contributed by atoms with Gasteiger partial charge in [-0.15, -0.1) is 11.3 Å². The summed E-state index contributed by atoms with van der Waals surface area (Å²) in [6.07, 6.45) is 0.997. The minimum atomic E-state index is -0.228. The molecule has 4 heteroatoms. The van der Waals surface area contributed by atoms with Crippen LogP contribution in [-0.2, 0) is 0 Å². The highest BCUT2D eigenvalue weighted by molar-refractivity contribution is 7.12. The van der Waals surface area contributed by atoms with Crippen molar-refractivity contribution < 1.29 is 9.13 Å². The van der Waals surface area contributed by atoms with Gasteiger partial charge in [0.2, 0.25) is 0 Å². The zero-order chi connectivity index (χ0) is 15.4. The average Bonchev–Trinajstić information content (AvgIpc) is 2.79. The molecule has 0 spiro atoms. The van der Waals surface area contributed by atoms with Crippen LogP contribution in [0.5, 0.6) is 5.75 Å². The van der Waals surface area contributed by atoms with Gasteiger partial charge < -0.3 is 10.1 Å². The third kappa shape index (κ3) is 3.44. The van der Waals surface area contributed by atoms with Crippen molar-refractivity contribution >= 4 is 11.3 Å². The first-order valence-electron chi connectivity index (χ1n) is 7.21. The molecule has 2 rings (SSSR count). The Morgan fingerprint density at radius 3 is 2.67 bits per heavy atom. The molecule has 0 aliphatic carbocycles. The zero-order valence-corrected chi connectivity index (χ0v) is 13.8. The molecule has 1 N–H and O–H groups in total. The number of hydrogen-bond acceptors (Lipinski definition) is 3. The largest absolute Gasteiger partial charge is 0.496 e. The van der Waals surface area contributed by atoms with Gasteiger partial charge in [0.25, 0.3) is 0 Å². The van der Waals surface area contributed by atoms with Crippen molar-refractivity contribution in [3.63, 3.8) is 0 Å². The highest BCUT2D eigenvalue weighted by atomic mass is 32.1. The molecule has 1 aromatic heterocycles. The van der Waals surface area contributed by atoms with Gasteiger partial charge in [-0.1, -0.05) is 13.0 Å². The summed E-state index contributed by atoms with van der Waals surface area (Å²) in [6.45, 7) is 7.09. The molecule has 1 aromatic carbocycles. The monoisotopic (exact) mass is 307 g/mol. The van der Waals surface area contributed by atoms with Gasteiger partial charge in [0.1, 0.15) is 11.6 Å². The van der Waals surface area contributed by atoms with E-state index in [1.807, 2.05) is 6.07 Å². The topological polar surface area (TPSA) is 21.3 Å². The number of ether oxygens (including phenoxy) is 1. The smallest absolute Gasteiger partial charge is 0.132 e. The van der Waals surface area contributed by atoms with E-state index in [2.05, 4.69) is 32.2 Å². The van der Waals surface area contributed by atoms with Gasteiger partial charge in [0.15, 0.2) is 0 Å². The Labute approximate surface area is 130 Å². The van der Waals surface area contributed by atoms with Gasteiger partial charge in [-0.05, 0) is 50.6 Å². The van der Waals surface area contributed by atoms with Crippen LogP contribution in [0.2, 0.25) is 0 Å². The number of nitrogens with one attached hydrogen (secondary N) is 1. The molecule has 0 saturated carbocycles. The normalized spacial score (nSPS) is 12.4. The molecule has 0 fully saturated rings. The molecule has 2 aromatic rings. The van der Waals surface area contributed by atoms with Crippen LogP contribution in [0.4, 0.5) is 4.39 Å². The van der Waals surface area contributed by atoms with Gasteiger partial charge in [-0.3, -0.25) is 0 Å². The first-order chi connectivity index (χ1) is 10.1. The van der Waals surface area contributed by atoms with E-state index in [9.17, 15) is 4.39 Å². The summed E-state index contributed by atoms with van der Waals surface area (Å²) in [5.41, 5.74) is 1.79. The third-order valence-corrected chi connectivity index (χ3v) is 4.68. The Balaban J connectivity index is 2.53. The fourth-order valence-electron chi connectivity index (χ4n) is 2.54. The Kier molecular flexibility index (Phi) is 5.37. The minimum Gasteiger partial charge on any atom is -0.496 e. The molecule has 1 heterocycles. The van der Waals surface area contributed by atoms with Gasteiger partial charge in [0.05, 0.1) is 18.7 Å². The maximum atomic E-state index is 14.4. The number of methoxy groups -OCH3 is 1. The van der Waals surface area contributed by atoms with E-state index in [0.29, 0.717) is 11.3 Å². The average molecular weight is 307 g/mol. The van der Waals surface area contributed by atoms with Crippen LogP contribution in [0, 0.1) is 19.7 Å². The van der Waals surface area contributed by atoms with Crippen LogP contribution >= 0.6 is 11.3 Å². The van der Waals surface area contributed by atoms with Crippen LogP contribution < -0.4 is 10.1 Å². The van der Waals surface area contributed by atoms with Crippen LogP contribution in [0.1, 0.15) is 40.3 Å². The lowest BCUT2D eigenvalue weighted by Gasteiger charge is -2.21. The summed E-state index contributed by atoms with van der Waals surface area (Å²) in [5, 5.41) is 3.46. The number of thiophene rings is 1. The lowest BCUT2D eigenvalue weighted by Crippen LogP contribution is -2.24. The maximum Gasteiger partial charge on any atom is 0.132 e. The van der Waals surface area contributed by atoms with Gasteiger partial charge in [0, 0.05) is 9.75 Å². The number of benzene rings is 1. The van der Waals surface area contributed by atoms with Crippen molar-refractivity contribution in [2.45, 2.75) is 33.2 Å². The van der Waals surface area contributed by atoms with Crippen LogP contribution in [0.15, 0.2) is 24.3 Å². The summed E-state index contributed by atoms with van der Waals surface area (Å²) in [4.78, 5) is 2.39. The van der Waals surface area contributed by atoms with E-state index in [4.69, 9.17) is 4.74 Å². The molecule has 0 aliphatic rings. The number of rotatable bonds is 6. The van der Waals surface area contributed by atoms with Crippen molar-refractivity contribution in [3.8, 4) is 5.75 Å². The highest BCUT2D eigenvalue weighted by Gasteiger charge is 2.24. The lowest BCUT2D eigenvalue weighted by molar-refractivity contribution is 0.397. The van der Waals surface area contributed by atoms with Crippen molar-refractivity contribution in [2.24, 2.45) is 0 Å². The summed E-state index contributed by atoms with van der Waals surface area (Å²) in [5.74, 6) is 0.363. The molecule has 0 radical (unpaired) electrons. The number of hydrogen-bond donors (Lipinski definition) is 1. The molecule has 114 valence electrons. The predicted molar refractivity (Wildman–Crippen MR) is 86.9 cm³/mol.